The minimum Gasteiger partial charge on any atom is -0.508 e. The van der Waals surface area contributed by atoms with Gasteiger partial charge in [-0.1, -0.05) is 12.1 Å². The molecule has 0 aromatic heterocycles. The van der Waals surface area contributed by atoms with Crippen LogP contribution in [-0.4, -0.2) is 210 Å². The summed E-state index contributed by atoms with van der Waals surface area (Å²) in [5.74, 6) is -12.0. The highest BCUT2D eigenvalue weighted by molar-refractivity contribution is 7.81. The number of nitrogens with one attached hydrogen (secondary N) is 13. The second-order valence-corrected chi connectivity index (χ2v) is 24.6. The van der Waals surface area contributed by atoms with E-state index < -0.39 is 161 Å². The molecule has 99 heavy (non-hydrogen) atoms. The number of thiol groups is 2. The lowest BCUT2D eigenvalue weighted by atomic mass is 10.0. The van der Waals surface area contributed by atoms with Crippen LogP contribution in [0, 0.1) is 0 Å². The van der Waals surface area contributed by atoms with Crippen molar-refractivity contribution >= 4 is 114 Å². The maximum Gasteiger partial charge on any atom is 0.243 e. The van der Waals surface area contributed by atoms with Crippen molar-refractivity contribution in [2.45, 2.75) is 216 Å². The molecule has 0 bridgehead atoms. The number of amides is 15. The van der Waals surface area contributed by atoms with Gasteiger partial charge in [-0.2, -0.15) is 25.3 Å². The molecule has 37 heteroatoms. The van der Waals surface area contributed by atoms with Gasteiger partial charge in [0.1, 0.15) is 78.3 Å². The van der Waals surface area contributed by atoms with Crippen LogP contribution in [0.1, 0.15) is 143 Å². The van der Waals surface area contributed by atoms with Crippen molar-refractivity contribution < 1.29 is 77.0 Å². The molecule has 15 amide bonds. The Bertz CT molecular complexity index is 2830. The monoisotopic (exact) mass is 1440 g/mol. The Morgan fingerprint density at radius 3 is 0.889 bits per heavy atom. The summed E-state index contributed by atoms with van der Waals surface area (Å²) >= 11 is 8.02. The van der Waals surface area contributed by atoms with E-state index in [1.54, 1.807) is 12.1 Å². The van der Waals surface area contributed by atoms with Crippen molar-refractivity contribution in [2.75, 3.05) is 44.2 Å². The van der Waals surface area contributed by atoms with Crippen LogP contribution in [0.15, 0.2) is 24.3 Å². The van der Waals surface area contributed by atoms with E-state index >= 15 is 0 Å². The van der Waals surface area contributed by atoms with Gasteiger partial charge in [0, 0.05) is 31.6 Å². The van der Waals surface area contributed by atoms with Crippen molar-refractivity contribution in [3.05, 3.63) is 29.8 Å². The molecule has 35 nitrogen and oxygen atoms in total. The molecule has 0 aliphatic carbocycles. The Hall–Kier alpha value is -8.39. The minimum absolute atomic E-state index is 0.00140. The zero-order chi connectivity index (χ0) is 74.7. The molecule has 1 aromatic rings. The highest BCUT2D eigenvalue weighted by atomic mass is 32.1. The summed E-state index contributed by atoms with van der Waals surface area (Å²) in [6.45, 7) is 7.67. The smallest absolute Gasteiger partial charge is 0.243 e. The SMILES string of the molecule is C[C@@H](NC(=O)[C@H](CCCCN)NC(=O)[C@@H](C)NC(=O)[C@H](CCCCN)NC(=O)[C@@H](C)NC(=O)[C@H](CCCCN)NC(=O)[C@@H](C)NC(=O)[C@H](CCCCN)NC(=O)[C@@H](C)NC(=O)[C@H](Cc1ccc(O)cc1)NC(=O)CS)C(=O)N[C@@H](CCC(N)=O)C(=O)N[C@@H](CCC(N)=O)C(=O)NCCS. The number of benzene rings is 1. The predicted molar refractivity (Wildman–Crippen MR) is 373 cm³/mol. The van der Waals surface area contributed by atoms with Gasteiger partial charge >= 0.3 is 0 Å². The van der Waals surface area contributed by atoms with Crippen molar-refractivity contribution in [1.29, 1.82) is 0 Å². The van der Waals surface area contributed by atoms with Gasteiger partial charge < -0.3 is 109 Å². The van der Waals surface area contributed by atoms with E-state index in [1.165, 1.54) is 46.8 Å². The minimum atomic E-state index is -1.48. The predicted octanol–water partition coefficient (Wildman–Crippen LogP) is -6.13. The van der Waals surface area contributed by atoms with Gasteiger partial charge in [-0.05, 0) is 168 Å². The van der Waals surface area contributed by atoms with Crippen LogP contribution < -0.4 is 104 Å². The number of carbonyl (C=O) groups is 15. The zero-order valence-electron chi connectivity index (χ0n) is 57.1. The van der Waals surface area contributed by atoms with Crippen molar-refractivity contribution in [3.8, 4) is 5.75 Å². The topological polar surface area (TPSA) is 589 Å². The second-order valence-electron chi connectivity index (χ2n) is 23.8. The highest BCUT2D eigenvalue weighted by Crippen LogP contribution is 2.14. The van der Waals surface area contributed by atoms with E-state index in [2.05, 4.69) is 94.4 Å². The molecule has 558 valence electrons. The van der Waals surface area contributed by atoms with Crippen LogP contribution in [0.5, 0.6) is 5.75 Å². The van der Waals surface area contributed by atoms with Crippen molar-refractivity contribution in [1.82, 2.24) is 69.1 Å². The molecule has 0 fully saturated rings. The second kappa shape index (κ2) is 49.2. The van der Waals surface area contributed by atoms with Crippen LogP contribution in [0.25, 0.3) is 0 Å². The molecule has 0 saturated heterocycles. The fourth-order valence-corrected chi connectivity index (χ4v) is 9.63. The quantitative estimate of drug-likeness (QED) is 0.0213. The third-order valence-electron chi connectivity index (χ3n) is 15.3. The van der Waals surface area contributed by atoms with Crippen molar-refractivity contribution in [2.24, 2.45) is 34.4 Å². The number of hydrogen-bond acceptors (Lipinski definition) is 22. The van der Waals surface area contributed by atoms with Gasteiger partial charge in [0.15, 0.2) is 0 Å². The Labute approximate surface area is 588 Å². The molecule has 0 heterocycles. The van der Waals surface area contributed by atoms with Crippen LogP contribution >= 0.6 is 25.3 Å². The average molecular weight is 1440 g/mol. The lowest BCUT2D eigenvalue weighted by Crippen LogP contribution is -2.60. The zero-order valence-corrected chi connectivity index (χ0v) is 58.9. The highest BCUT2D eigenvalue weighted by Gasteiger charge is 2.35. The van der Waals surface area contributed by atoms with Gasteiger partial charge in [0.05, 0.1) is 5.75 Å². The number of phenols is 1. The maximum atomic E-state index is 14.0. The number of rotatable bonds is 51. The number of primary amides is 2. The van der Waals surface area contributed by atoms with Crippen molar-refractivity contribution in [3.63, 3.8) is 0 Å². The molecule has 26 N–H and O–H groups in total. The summed E-state index contributed by atoms with van der Waals surface area (Å²) < 4.78 is 0. The number of aromatic hydroxyl groups is 1. The van der Waals surface area contributed by atoms with Crippen LogP contribution in [-0.2, 0) is 78.3 Å². The standard InChI is InChI=1S/C62H107N19O16S2/c1-34(70-57(92)42(15-7-11-27-64)77-52(87)36(3)72-59(94)44(17-9-13-29-66)79-54(89)38(5)74-62(97)47(75-50(85)33-99)32-39-18-20-40(82)21-19-39)51(86)76-41(14-6-10-26-63)58(93)71-35(2)53(88)78-43(16-8-12-28-65)60(95)73-37(4)55(90)80-46(23-25-49(68)84)61(96)81-45(22-24-48(67)83)56(91)69-30-31-98/h18-21,34-38,41-47,82,98-99H,6-17,22-33,63-66H2,1-5H3,(H2,67,83)(H2,68,84)(H,69,91)(H,70,92)(H,71,93)(H,72,94)(H,73,95)(H,74,97)(H,75,85)(H,76,86)(H,77,87)(H,78,88)(H,79,89)(H,80,90)(H,81,96)/t34-,35-,36-,37-,38-,41+,42+,43+,44+,45+,46+,47+/m1/s1. The van der Waals surface area contributed by atoms with E-state index in [0.717, 1.165) is 0 Å². The van der Waals surface area contributed by atoms with Gasteiger partial charge in [0.25, 0.3) is 0 Å². The van der Waals surface area contributed by atoms with E-state index in [4.69, 9.17) is 34.4 Å². The summed E-state index contributed by atoms with van der Waals surface area (Å²) in [5.41, 5.74) is 34.1. The molecule has 0 saturated carbocycles. The lowest BCUT2D eigenvalue weighted by molar-refractivity contribution is -0.136. The molecular weight excluding hydrogens is 1330 g/mol. The third kappa shape index (κ3) is 36.3. The Kier molecular flexibility index (Phi) is 44.0. The largest absolute Gasteiger partial charge is 0.508 e. The molecule has 1 aromatic carbocycles. The van der Waals surface area contributed by atoms with E-state index in [1.807, 2.05) is 0 Å². The molecular formula is C62H107N19O16S2. The summed E-state index contributed by atoms with van der Waals surface area (Å²) in [7, 11) is 0. The summed E-state index contributed by atoms with van der Waals surface area (Å²) in [6.07, 6.45) is 1.94. The summed E-state index contributed by atoms with van der Waals surface area (Å²) in [4.78, 5) is 200. The van der Waals surface area contributed by atoms with Gasteiger partial charge in [-0.15, -0.1) is 0 Å². The number of hydrogen-bond donors (Lipinski definition) is 22. The normalized spacial score (nSPS) is 14.6. The van der Waals surface area contributed by atoms with Crippen LogP contribution in [0.4, 0.5) is 0 Å². The first-order valence-corrected chi connectivity index (χ1v) is 34.4. The molecule has 12 atom stereocenters. The van der Waals surface area contributed by atoms with E-state index in [-0.39, 0.29) is 108 Å². The van der Waals surface area contributed by atoms with Crippen LogP contribution in [0.2, 0.25) is 0 Å². The number of carbonyl (C=O) groups excluding carboxylic acids is 15. The number of nitrogens with two attached hydrogens (primary N) is 6. The first kappa shape index (κ1) is 88.6. The molecule has 0 aliphatic heterocycles. The third-order valence-corrected chi connectivity index (χ3v) is 15.8. The Balaban J connectivity index is 3.24. The Morgan fingerprint density at radius 1 is 0.354 bits per heavy atom. The van der Waals surface area contributed by atoms with Gasteiger partial charge in [-0.25, -0.2) is 0 Å². The molecule has 0 unspecified atom stereocenters. The maximum absolute atomic E-state index is 14.0. The van der Waals surface area contributed by atoms with Crippen LogP contribution in [0.3, 0.4) is 0 Å². The summed E-state index contributed by atoms with van der Waals surface area (Å²) in [5, 5.41) is 42.8. The lowest BCUT2D eigenvalue weighted by Gasteiger charge is -2.27. The molecule has 0 spiro atoms. The number of unbranched alkanes of at least 4 members (excludes halogenated alkanes) is 4. The molecule has 0 radical (unpaired) electrons. The fraction of sp³-hybridized carbons (Fsp3) is 0.661. The molecule has 1 rings (SSSR count). The number of phenolic OH excluding ortho intramolecular Hbond substituents is 1. The van der Waals surface area contributed by atoms with Gasteiger partial charge in [-0.3, -0.25) is 71.9 Å². The van der Waals surface area contributed by atoms with E-state index in [0.29, 0.717) is 56.9 Å². The average Bonchev–Trinajstić information content (AvgIpc) is 0.893. The van der Waals surface area contributed by atoms with E-state index in [9.17, 15) is 77.0 Å². The first-order valence-electron chi connectivity index (χ1n) is 33.1. The summed E-state index contributed by atoms with van der Waals surface area (Å²) in [6, 6.07) is -9.80. The fourth-order valence-electron chi connectivity index (χ4n) is 9.43. The molecule has 0 aliphatic rings. The first-order chi connectivity index (χ1) is 46.9. The Morgan fingerprint density at radius 2 is 0.616 bits per heavy atom. The van der Waals surface area contributed by atoms with Gasteiger partial charge in [0.2, 0.25) is 88.6 Å².